The van der Waals surface area contributed by atoms with Gasteiger partial charge in [0.1, 0.15) is 11.9 Å². The summed E-state index contributed by atoms with van der Waals surface area (Å²) in [4.78, 5) is 30.0. The zero-order valence-corrected chi connectivity index (χ0v) is 15.3. The van der Waals surface area contributed by atoms with Gasteiger partial charge in [-0.15, -0.1) is 0 Å². The van der Waals surface area contributed by atoms with E-state index in [0.717, 1.165) is 0 Å². The number of rotatable bonds is 3. The van der Waals surface area contributed by atoms with Crippen molar-refractivity contribution in [3.05, 3.63) is 76.6 Å². The van der Waals surface area contributed by atoms with Crippen molar-refractivity contribution in [1.82, 2.24) is 19.2 Å². The van der Waals surface area contributed by atoms with Gasteiger partial charge >= 0.3 is 0 Å². The number of amides is 1. The lowest BCUT2D eigenvalue weighted by Crippen LogP contribution is -2.29. The Kier molecular flexibility index (Phi) is 3.80. The van der Waals surface area contributed by atoms with E-state index in [1.807, 2.05) is 0 Å². The first-order valence-electron chi connectivity index (χ1n) is 8.83. The highest BCUT2D eigenvalue weighted by Gasteiger charge is 2.19. The van der Waals surface area contributed by atoms with Crippen LogP contribution in [0.5, 0.6) is 11.5 Å². The molecule has 1 aliphatic rings. The molecule has 0 spiro atoms. The van der Waals surface area contributed by atoms with Gasteiger partial charge < -0.3 is 14.8 Å². The Labute approximate surface area is 164 Å². The van der Waals surface area contributed by atoms with Gasteiger partial charge in [-0.1, -0.05) is 0 Å². The third-order valence-electron chi connectivity index (χ3n) is 4.69. The number of nitrogens with one attached hydrogen (secondary N) is 1. The summed E-state index contributed by atoms with van der Waals surface area (Å²) in [5.41, 5.74) is 1.95. The van der Waals surface area contributed by atoms with E-state index >= 15 is 0 Å². The van der Waals surface area contributed by atoms with Crippen molar-refractivity contribution in [3.63, 3.8) is 0 Å². The lowest BCUT2D eigenvalue weighted by atomic mass is 10.1. The average Bonchev–Trinajstić information content (AvgIpc) is 3.36. The lowest BCUT2D eigenvalue weighted by molar-refractivity contribution is 0.102. The molecule has 1 aromatic carbocycles. The fraction of sp³-hybridized carbons (Fsp3) is 0.100. The highest BCUT2D eigenvalue weighted by molar-refractivity contribution is 6.05. The van der Waals surface area contributed by atoms with Crippen LogP contribution in [-0.2, 0) is 0 Å². The summed E-state index contributed by atoms with van der Waals surface area (Å²) >= 11 is 0. The Morgan fingerprint density at radius 3 is 2.90 bits per heavy atom. The van der Waals surface area contributed by atoms with Gasteiger partial charge in [-0.05, 0) is 42.8 Å². The van der Waals surface area contributed by atoms with Crippen LogP contribution in [0.2, 0.25) is 0 Å². The summed E-state index contributed by atoms with van der Waals surface area (Å²) in [5.74, 6) is 0.680. The topological polar surface area (TPSA) is 99.8 Å². The van der Waals surface area contributed by atoms with Crippen LogP contribution in [0, 0.1) is 6.92 Å². The largest absolute Gasteiger partial charge is 0.454 e. The fourth-order valence-electron chi connectivity index (χ4n) is 3.23. The molecular formula is C20H15N5O4. The fourth-order valence-corrected chi connectivity index (χ4v) is 3.23. The molecule has 0 unspecified atom stereocenters. The molecule has 0 aliphatic carbocycles. The van der Waals surface area contributed by atoms with Crippen LogP contribution >= 0.6 is 0 Å². The van der Waals surface area contributed by atoms with Crippen molar-refractivity contribution in [3.8, 4) is 17.2 Å². The van der Waals surface area contributed by atoms with Crippen molar-refractivity contribution < 1.29 is 14.3 Å². The van der Waals surface area contributed by atoms with Crippen LogP contribution in [0.3, 0.4) is 0 Å². The minimum absolute atomic E-state index is 0.0591. The van der Waals surface area contributed by atoms with Crippen LogP contribution in [0.1, 0.15) is 15.9 Å². The van der Waals surface area contributed by atoms with Gasteiger partial charge in [-0.3, -0.25) is 14.2 Å². The number of fused-ring (bicyclic) bond motifs is 2. The summed E-state index contributed by atoms with van der Waals surface area (Å²) < 4.78 is 13.6. The van der Waals surface area contributed by atoms with E-state index in [1.165, 1.54) is 10.9 Å². The summed E-state index contributed by atoms with van der Waals surface area (Å²) in [6.07, 6.45) is 4.69. The molecule has 1 N–H and O–H groups in total. The summed E-state index contributed by atoms with van der Waals surface area (Å²) in [5, 5.41) is 6.80. The summed E-state index contributed by atoms with van der Waals surface area (Å²) in [6.45, 7) is 1.87. The molecular weight excluding hydrogens is 374 g/mol. The Morgan fingerprint density at radius 2 is 2.00 bits per heavy atom. The van der Waals surface area contributed by atoms with Gasteiger partial charge in [0.2, 0.25) is 6.79 Å². The van der Waals surface area contributed by atoms with Crippen molar-refractivity contribution >= 4 is 17.2 Å². The number of anilines is 1. The summed E-state index contributed by atoms with van der Waals surface area (Å²) in [7, 11) is 0. The molecule has 0 bridgehead atoms. The second-order valence-electron chi connectivity index (χ2n) is 6.52. The van der Waals surface area contributed by atoms with Gasteiger partial charge in [-0.2, -0.15) is 5.10 Å². The molecule has 9 nitrogen and oxygen atoms in total. The number of carbonyl (C=O) groups excluding carboxylic acids is 1. The molecule has 0 radical (unpaired) electrons. The van der Waals surface area contributed by atoms with E-state index in [0.29, 0.717) is 34.1 Å². The molecule has 0 saturated carbocycles. The van der Waals surface area contributed by atoms with Gasteiger partial charge in [0.15, 0.2) is 17.1 Å². The first-order chi connectivity index (χ1) is 14.1. The van der Waals surface area contributed by atoms with Crippen LogP contribution in [0.25, 0.3) is 11.3 Å². The minimum atomic E-state index is -0.498. The van der Waals surface area contributed by atoms with Crippen LogP contribution in [0.4, 0.5) is 5.69 Å². The monoisotopic (exact) mass is 389 g/mol. The second-order valence-corrected chi connectivity index (χ2v) is 6.52. The standard InChI is InChI=1S/C20H15N5O4/c1-12-6-7-24(14-3-4-15-16(8-14)29-11-28-15)20(27)18(12)19(26)23-13-2-5-17-21-10-22-25(17)9-13/h2-10H,11H2,1H3,(H,23,26). The maximum absolute atomic E-state index is 13.1. The molecule has 4 aromatic rings. The molecule has 1 aliphatic heterocycles. The number of pyridine rings is 2. The van der Waals surface area contributed by atoms with Crippen molar-refractivity contribution in [1.29, 1.82) is 0 Å². The van der Waals surface area contributed by atoms with Crippen LogP contribution in [0.15, 0.2) is 59.9 Å². The van der Waals surface area contributed by atoms with E-state index in [2.05, 4.69) is 15.4 Å². The zero-order chi connectivity index (χ0) is 20.0. The van der Waals surface area contributed by atoms with Crippen LogP contribution < -0.4 is 20.3 Å². The SMILES string of the molecule is Cc1ccn(-c2ccc3c(c2)OCO3)c(=O)c1C(=O)Nc1ccc2ncnn2c1. The second kappa shape index (κ2) is 6.48. The maximum atomic E-state index is 13.1. The first kappa shape index (κ1) is 17.0. The molecule has 5 rings (SSSR count). The normalized spacial score (nSPS) is 12.3. The number of ether oxygens (including phenoxy) is 2. The molecule has 0 atom stereocenters. The Bertz CT molecular complexity index is 1320. The first-order valence-corrected chi connectivity index (χ1v) is 8.83. The number of benzene rings is 1. The molecule has 4 heterocycles. The van der Waals surface area contributed by atoms with Gasteiger partial charge in [0, 0.05) is 12.3 Å². The Balaban J connectivity index is 1.52. The molecule has 144 valence electrons. The average molecular weight is 389 g/mol. The molecule has 0 saturated heterocycles. The molecule has 9 heteroatoms. The zero-order valence-electron chi connectivity index (χ0n) is 15.3. The van der Waals surface area contributed by atoms with E-state index < -0.39 is 11.5 Å². The van der Waals surface area contributed by atoms with Gasteiger partial charge in [0.05, 0.1) is 17.6 Å². The number of carbonyl (C=O) groups is 1. The third-order valence-corrected chi connectivity index (χ3v) is 4.69. The summed E-state index contributed by atoms with van der Waals surface area (Å²) in [6, 6.07) is 10.3. The number of hydrogen-bond acceptors (Lipinski definition) is 6. The highest BCUT2D eigenvalue weighted by atomic mass is 16.7. The van der Waals surface area contributed by atoms with E-state index in [9.17, 15) is 9.59 Å². The Hall–Kier alpha value is -4.14. The van der Waals surface area contributed by atoms with Crippen LogP contribution in [-0.4, -0.2) is 31.9 Å². The molecule has 3 aromatic heterocycles. The molecule has 29 heavy (non-hydrogen) atoms. The number of aryl methyl sites for hydroxylation is 1. The third kappa shape index (κ3) is 2.89. The number of aromatic nitrogens is 4. The Morgan fingerprint density at radius 1 is 1.14 bits per heavy atom. The molecule has 0 fully saturated rings. The van der Waals surface area contributed by atoms with Crippen molar-refractivity contribution in [2.24, 2.45) is 0 Å². The maximum Gasteiger partial charge on any atom is 0.268 e. The van der Waals surface area contributed by atoms with E-state index in [1.54, 1.807) is 60.2 Å². The van der Waals surface area contributed by atoms with E-state index in [-0.39, 0.29) is 12.4 Å². The van der Waals surface area contributed by atoms with Gasteiger partial charge in [-0.25, -0.2) is 9.50 Å². The smallest absolute Gasteiger partial charge is 0.268 e. The quantitative estimate of drug-likeness (QED) is 0.576. The predicted octanol–water partition coefficient (Wildman–Crippen LogP) is 2.17. The minimum Gasteiger partial charge on any atom is -0.454 e. The highest BCUT2D eigenvalue weighted by Crippen LogP contribution is 2.33. The predicted molar refractivity (Wildman–Crippen MR) is 104 cm³/mol. The van der Waals surface area contributed by atoms with Crippen molar-refractivity contribution in [2.45, 2.75) is 6.92 Å². The number of hydrogen-bond donors (Lipinski definition) is 1. The number of nitrogens with zero attached hydrogens (tertiary/aromatic N) is 4. The lowest BCUT2D eigenvalue weighted by Gasteiger charge is -2.12. The molecule has 1 amide bonds. The van der Waals surface area contributed by atoms with Crippen molar-refractivity contribution in [2.75, 3.05) is 12.1 Å². The van der Waals surface area contributed by atoms with Gasteiger partial charge in [0.25, 0.3) is 11.5 Å². The van der Waals surface area contributed by atoms with E-state index in [4.69, 9.17) is 9.47 Å².